The summed E-state index contributed by atoms with van der Waals surface area (Å²) in [5, 5.41) is 30.0. The molecular weight excluding hydrogens is 372 g/mol. The third-order valence-electron chi connectivity index (χ3n) is 5.78. The Bertz CT molecular complexity index is 1060. The average molecular weight is 403 g/mol. The summed E-state index contributed by atoms with van der Waals surface area (Å²) in [5.41, 5.74) is 3.42. The fourth-order valence-electron chi connectivity index (χ4n) is 4.36. The molecular formula is C27H30O3. The number of allylic oxidation sites excluding steroid dienone is 2. The SMILES string of the molecule is CC(=CC(C)(CC(C)(C)c1cccc(O)c1)c1cccc(O)c1)c1cccc(O)c1. The highest BCUT2D eigenvalue weighted by molar-refractivity contribution is 5.67. The topological polar surface area (TPSA) is 60.7 Å². The summed E-state index contributed by atoms with van der Waals surface area (Å²) in [6.45, 7) is 8.54. The van der Waals surface area contributed by atoms with Gasteiger partial charge in [0.1, 0.15) is 17.2 Å². The van der Waals surface area contributed by atoms with E-state index in [1.807, 2.05) is 55.5 Å². The lowest BCUT2D eigenvalue weighted by Gasteiger charge is -2.37. The molecule has 0 fully saturated rings. The van der Waals surface area contributed by atoms with Gasteiger partial charge >= 0.3 is 0 Å². The van der Waals surface area contributed by atoms with E-state index in [0.717, 1.165) is 28.7 Å². The second kappa shape index (κ2) is 8.27. The highest BCUT2D eigenvalue weighted by Gasteiger charge is 2.34. The first kappa shape index (κ1) is 21.5. The molecule has 3 nitrogen and oxygen atoms in total. The van der Waals surface area contributed by atoms with Crippen molar-refractivity contribution in [2.75, 3.05) is 0 Å². The maximum atomic E-state index is 10.1. The molecule has 0 aliphatic heterocycles. The first-order chi connectivity index (χ1) is 14.1. The lowest BCUT2D eigenvalue weighted by molar-refractivity contribution is 0.375. The van der Waals surface area contributed by atoms with E-state index in [1.165, 1.54) is 0 Å². The Labute approximate surface area is 179 Å². The first-order valence-corrected chi connectivity index (χ1v) is 10.2. The van der Waals surface area contributed by atoms with Crippen LogP contribution in [-0.2, 0) is 10.8 Å². The van der Waals surface area contributed by atoms with Crippen molar-refractivity contribution in [3.05, 3.63) is 95.6 Å². The van der Waals surface area contributed by atoms with Crippen molar-refractivity contribution in [3.63, 3.8) is 0 Å². The van der Waals surface area contributed by atoms with E-state index in [9.17, 15) is 15.3 Å². The summed E-state index contributed by atoms with van der Waals surface area (Å²) in [5.74, 6) is 0.725. The Morgan fingerprint density at radius 2 is 1.23 bits per heavy atom. The van der Waals surface area contributed by atoms with Crippen molar-refractivity contribution < 1.29 is 15.3 Å². The first-order valence-electron chi connectivity index (χ1n) is 10.2. The van der Waals surface area contributed by atoms with Crippen LogP contribution in [0.2, 0.25) is 0 Å². The van der Waals surface area contributed by atoms with Crippen LogP contribution in [0.25, 0.3) is 5.57 Å². The molecule has 156 valence electrons. The number of hydrogen-bond donors (Lipinski definition) is 3. The number of hydrogen-bond acceptors (Lipinski definition) is 3. The lowest BCUT2D eigenvalue weighted by Crippen LogP contribution is -2.31. The Morgan fingerprint density at radius 1 is 0.733 bits per heavy atom. The third-order valence-corrected chi connectivity index (χ3v) is 5.78. The highest BCUT2D eigenvalue weighted by atomic mass is 16.3. The molecule has 3 aromatic carbocycles. The summed E-state index contributed by atoms with van der Waals surface area (Å²) in [6.07, 6.45) is 2.96. The minimum Gasteiger partial charge on any atom is -0.508 e. The standard InChI is InChI=1S/C27H30O3/c1-19(20-8-5-11-23(28)14-20)17-27(4,22-10-7-13-25(30)16-22)18-26(2,3)21-9-6-12-24(29)15-21/h5-17,28-30H,18H2,1-4H3. The summed E-state index contributed by atoms with van der Waals surface area (Å²) in [7, 11) is 0. The van der Waals surface area contributed by atoms with Gasteiger partial charge < -0.3 is 15.3 Å². The molecule has 3 aromatic rings. The maximum absolute atomic E-state index is 10.1. The minimum absolute atomic E-state index is 0.234. The number of phenols is 3. The van der Waals surface area contributed by atoms with Gasteiger partial charge in [0.15, 0.2) is 0 Å². The van der Waals surface area contributed by atoms with Crippen LogP contribution in [-0.4, -0.2) is 15.3 Å². The van der Waals surface area contributed by atoms with Crippen molar-refractivity contribution in [2.45, 2.75) is 44.9 Å². The zero-order valence-electron chi connectivity index (χ0n) is 18.1. The Balaban J connectivity index is 2.09. The molecule has 0 heterocycles. The number of benzene rings is 3. The van der Waals surface area contributed by atoms with Gasteiger partial charge in [0, 0.05) is 5.41 Å². The average Bonchev–Trinajstić information content (AvgIpc) is 2.67. The third kappa shape index (κ3) is 4.85. The zero-order chi connectivity index (χ0) is 21.9. The molecule has 0 spiro atoms. The lowest BCUT2D eigenvalue weighted by atomic mass is 9.67. The van der Waals surface area contributed by atoms with E-state index in [2.05, 4.69) is 26.8 Å². The summed E-state index contributed by atoms with van der Waals surface area (Å²) < 4.78 is 0. The second-order valence-corrected chi connectivity index (χ2v) is 8.96. The van der Waals surface area contributed by atoms with E-state index >= 15 is 0 Å². The van der Waals surface area contributed by atoms with Crippen LogP contribution in [0.5, 0.6) is 17.2 Å². The van der Waals surface area contributed by atoms with Gasteiger partial charge in [0.2, 0.25) is 0 Å². The zero-order valence-corrected chi connectivity index (χ0v) is 18.1. The molecule has 0 saturated carbocycles. The van der Waals surface area contributed by atoms with Crippen LogP contribution in [0.15, 0.2) is 78.9 Å². The van der Waals surface area contributed by atoms with Crippen LogP contribution < -0.4 is 0 Å². The van der Waals surface area contributed by atoms with Crippen LogP contribution in [0.1, 0.15) is 50.8 Å². The van der Waals surface area contributed by atoms with E-state index in [4.69, 9.17) is 0 Å². The number of phenolic OH excluding ortho intramolecular Hbond substituents is 3. The normalized spacial score (nSPS) is 14.3. The molecule has 0 aliphatic rings. The monoisotopic (exact) mass is 402 g/mol. The quantitative estimate of drug-likeness (QED) is 0.439. The molecule has 3 rings (SSSR count). The fourth-order valence-corrected chi connectivity index (χ4v) is 4.36. The molecule has 1 unspecified atom stereocenters. The van der Waals surface area contributed by atoms with Gasteiger partial charge in [0.05, 0.1) is 0 Å². The van der Waals surface area contributed by atoms with Crippen molar-refractivity contribution in [1.82, 2.24) is 0 Å². The predicted octanol–water partition coefficient (Wildman–Crippen LogP) is 6.53. The predicted molar refractivity (Wildman–Crippen MR) is 123 cm³/mol. The van der Waals surface area contributed by atoms with Crippen LogP contribution in [0.3, 0.4) is 0 Å². The Kier molecular flexibility index (Phi) is 5.93. The van der Waals surface area contributed by atoms with Crippen molar-refractivity contribution in [3.8, 4) is 17.2 Å². The largest absolute Gasteiger partial charge is 0.508 e. The molecule has 0 saturated heterocycles. The van der Waals surface area contributed by atoms with Crippen LogP contribution in [0, 0.1) is 0 Å². The van der Waals surface area contributed by atoms with Crippen molar-refractivity contribution >= 4 is 5.57 Å². The Hall–Kier alpha value is -3.20. The van der Waals surface area contributed by atoms with Gasteiger partial charge in [-0.2, -0.15) is 0 Å². The van der Waals surface area contributed by atoms with Gasteiger partial charge in [-0.25, -0.2) is 0 Å². The summed E-state index contributed by atoms with van der Waals surface area (Å²) in [6, 6.07) is 22.0. The summed E-state index contributed by atoms with van der Waals surface area (Å²) >= 11 is 0. The molecule has 0 bridgehead atoms. The van der Waals surface area contributed by atoms with Gasteiger partial charge in [-0.1, -0.05) is 63.2 Å². The molecule has 3 N–H and O–H groups in total. The van der Waals surface area contributed by atoms with E-state index in [-0.39, 0.29) is 22.7 Å². The van der Waals surface area contributed by atoms with Gasteiger partial charge in [-0.15, -0.1) is 0 Å². The second-order valence-electron chi connectivity index (χ2n) is 8.96. The van der Waals surface area contributed by atoms with Crippen LogP contribution in [0.4, 0.5) is 0 Å². The fraction of sp³-hybridized carbons (Fsp3) is 0.259. The van der Waals surface area contributed by atoms with Gasteiger partial charge in [-0.3, -0.25) is 0 Å². The molecule has 0 aromatic heterocycles. The maximum Gasteiger partial charge on any atom is 0.116 e. The highest BCUT2D eigenvalue weighted by Crippen LogP contribution is 2.42. The molecule has 0 radical (unpaired) electrons. The van der Waals surface area contributed by atoms with E-state index in [1.54, 1.807) is 24.3 Å². The minimum atomic E-state index is -0.400. The molecule has 0 aliphatic carbocycles. The smallest absolute Gasteiger partial charge is 0.116 e. The molecule has 3 heteroatoms. The molecule has 1 atom stereocenters. The van der Waals surface area contributed by atoms with E-state index < -0.39 is 5.41 Å². The van der Waals surface area contributed by atoms with Crippen molar-refractivity contribution in [1.29, 1.82) is 0 Å². The van der Waals surface area contributed by atoms with Gasteiger partial charge in [-0.05, 0) is 77.4 Å². The van der Waals surface area contributed by atoms with E-state index in [0.29, 0.717) is 0 Å². The van der Waals surface area contributed by atoms with Gasteiger partial charge in [0.25, 0.3) is 0 Å². The summed E-state index contributed by atoms with van der Waals surface area (Å²) in [4.78, 5) is 0. The number of rotatable bonds is 6. The van der Waals surface area contributed by atoms with Crippen molar-refractivity contribution in [2.24, 2.45) is 0 Å². The number of aromatic hydroxyl groups is 3. The molecule has 30 heavy (non-hydrogen) atoms. The molecule has 0 amide bonds. The Morgan fingerprint density at radius 3 is 1.80 bits per heavy atom. The van der Waals surface area contributed by atoms with Crippen LogP contribution >= 0.6 is 0 Å².